The minimum atomic E-state index is -0.316. The van der Waals surface area contributed by atoms with Gasteiger partial charge in [-0.1, -0.05) is 18.2 Å². The van der Waals surface area contributed by atoms with Gasteiger partial charge in [-0.05, 0) is 37.0 Å². The standard InChI is InChI=1S/C20H25N3O4/c1-2-26-19(25)14-27-18-6-8-23(9-7-18)20-21-11-17(12-22-20)16-5-3-4-15(10-16)13-24/h3-5,10-12,18,24H,2,6-9,13-14H2,1H3. The van der Waals surface area contributed by atoms with Gasteiger partial charge in [0, 0.05) is 31.0 Å². The van der Waals surface area contributed by atoms with Gasteiger partial charge in [0.1, 0.15) is 6.61 Å². The predicted molar refractivity (Wildman–Crippen MR) is 101 cm³/mol. The molecule has 1 aromatic carbocycles. The van der Waals surface area contributed by atoms with Crippen LogP contribution in [-0.4, -0.2) is 53.5 Å². The van der Waals surface area contributed by atoms with Crippen molar-refractivity contribution >= 4 is 11.9 Å². The van der Waals surface area contributed by atoms with Crippen LogP contribution in [0.1, 0.15) is 25.3 Å². The first kappa shape index (κ1) is 19.3. The van der Waals surface area contributed by atoms with E-state index >= 15 is 0 Å². The van der Waals surface area contributed by atoms with Gasteiger partial charge in [-0.15, -0.1) is 0 Å². The topological polar surface area (TPSA) is 84.8 Å². The number of rotatable bonds is 7. The van der Waals surface area contributed by atoms with Gasteiger partial charge < -0.3 is 19.5 Å². The van der Waals surface area contributed by atoms with Crippen molar-refractivity contribution in [3.63, 3.8) is 0 Å². The Balaban J connectivity index is 1.53. The van der Waals surface area contributed by atoms with Crippen molar-refractivity contribution in [3.05, 3.63) is 42.2 Å². The smallest absolute Gasteiger partial charge is 0.332 e. The highest BCUT2D eigenvalue weighted by Crippen LogP contribution is 2.22. The van der Waals surface area contributed by atoms with Crippen LogP contribution in [0.2, 0.25) is 0 Å². The number of hydrogen-bond acceptors (Lipinski definition) is 7. The molecule has 7 nitrogen and oxygen atoms in total. The lowest BCUT2D eigenvalue weighted by Gasteiger charge is -2.31. The molecule has 1 fully saturated rings. The minimum absolute atomic E-state index is 0.0105. The summed E-state index contributed by atoms with van der Waals surface area (Å²) in [7, 11) is 0. The van der Waals surface area contributed by atoms with Crippen LogP contribution in [0, 0.1) is 0 Å². The summed E-state index contributed by atoms with van der Waals surface area (Å²) >= 11 is 0. The number of ether oxygens (including phenoxy) is 2. The molecule has 27 heavy (non-hydrogen) atoms. The van der Waals surface area contributed by atoms with Gasteiger partial charge in [0.15, 0.2) is 0 Å². The third-order valence-corrected chi connectivity index (χ3v) is 4.55. The summed E-state index contributed by atoms with van der Waals surface area (Å²) < 4.78 is 10.5. The van der Waals surface area contributed by atoms with E-state index in [2.05, 4.69) is 14.9 Å². The fraction of sp³-hybridized carbons (Fsp3) is 0.450. The number of aliphatic hydroxyl groups is 1. The number of aliphatic hydroxyl groups excluding tert-OH is 1. The van der Waals surface area contributed by atoms with Gasteiger partial charge in [0.2, 0.25) is 5.95 Å². The first-order chi connectivity index (χ1) is 13.2. The van der Waals surface area contributed by atoms with E-state index in [-0.39, 0.29) is 25.3 Å². The zero-order chi connectivity index (χ0) is 19.1. The third kappa shape index (κ3) is 5.24. The summed E-state index contributed by atoms with van der Waals surface area (Å²) in [6, 6.07) is 7.71. The number of nitrogens with zero attached hydrogens (tertiary/aromatic N) is 3. The average molecular weight is 371 g/mol. The minimum Gasteiger partial charge on any atom is -0.464 e. The maximum Gasteiger partial charge on any atom is 0.332 e. The molecule has 0 unspecified atom stereocenters. The molecular weight excluding hydrogens is 346 g/mol. The fourth-order valence-electron chi connectivity index (χ4n) is 3.09. The highest BCUT2D eigenvalue weighted by atomic mass is 16.6. The SMILES string of the molecule is CCOC(=O)COC1CCN(c2ncc(-c3cccc(CO)c3)cn2)CC1. The van der Waals surface area contributed by atoms with Crippen LogP contribution in [0.25, 0.3) is 11.1 Å². The molecule has 1 aromatic heterocycles. The second-order valence-corrected chi connectivity index (χ2v) is 6.43. The summed E-state index contributed by atoms with van der Waals surface area (Å²) in [6.45, 7) is 3.75. The Morgan fingerprint density at radius 3 is 2.63 bits per heavy atom. The number of hydrogen-bond donors (Lipinski definition) is 1. The lowest BCUT2D eigenvalue weighted by Crippen LogP contribution is -2.38. The van der Waals surface area contributed by atoms with E-state index in [0.717, 1.165) is 42.6 Å². The molecule has 3 rings (SSSR count). The molecule has 2 aromatic rings. The molecule has 1 N–H and O–H groups in total. The van der Waals surface area contributed by atoms with E-state index < -0.39 is 0 Å². The first-order valence-electron chi connectivity index (χ1n) is 9.24. The van der Waals surface area contributed by atoms with Crippen LogP contribution in [0.4, 0.5) is 5.95 Å². The molecule has 1 saturated heterocycles. The molecule has 0 bridgehead atoms. The molecule has 0 spiro atoms. The molecule has 0 aliphatic carbocycles. The molecule has 1 aliphatic heterocycles. The summed E-state index contributed by atoms with van der Waals surface area (Å²) in [4.78, 5) is 22.5. The summed E-state index contributed by atoms with van der Waals surface area (Å²) in [5, 5.41) is 9.27. The molecule has 0 atom stereocenters. The third-order valence-electron chi connectivity index (χ3n) is 4.55. The van der Waals surface area contributed by atoms with Crippen LogP contribution < -0.4 is 4.90 Å². The van der Waals surface area contributed by atoms with Crippen molar-refractivity contribution in [2.45, 2.75) is 32.5 Å². The number of benzene rings is 1. The Morgan fingerprint density at radius 2 is 1.96 bits per heavy atom. The van der Waals surface area contributed by atoms with E-state index in [1.54, 1.807) is 6.92 Å². The van der Waals surface area contributed by atoms with E-state index in [1.165, 1.54) is 0 Å². The zero-order valence-electron chi connectivity index (χ0n) is 15.5. The van der Waals surface area contributed by atoms with E-state index in [9.17, 15) is 9.90 Å². The summed E-state index contributed by atoms with van der Waals surface area (Å²) in [5.74, 6) is 0.380. The molecule has 2 heterocycles. The summed E-state index contributed by atoms with van der Waals surface area (Å²) in [5.41, 5.74) is 2.77. The van der Waals surface area contributed by atoms with Crippen molar-refractivity contribution in [1.29, 1.82) is 0 Å². The normalized spacial score (nSPS) is 15.0. The number of piperidine rings is 1. The maximum absolute atomic E-state index is 11.4. The van der Waals surface area contributed by atoms with Crippen LogP contribution in [-0.2, 0) is 20.9 Å². The first-order valence-corrected chi connectivity index (χ1v) is 9.24. The molecule has 1 aliphatic rings. The average Bonchev–Trinajstić information content (AvgIpc) is 2.73. The molecule has 0 amide bonds. The number of carbonyl (C=O) groups excluding carboxylic acids is 1. The largest absolute Gasteiger partial charge is 0.464 e. The lowest BCUT2D eigenvalue weighted by atomic mass is 10.1. The Labute approximate surface area is 159 Å². The second-order valence-electron chi connectivity index (χ2n) is 6.43. The van der Waals surface area contributed by atoms with Crippen LogP contribution in [0.3, 0.4) is 0 Å². The predicted octanol–water partition coefficient (Wildman–Crippen LogP) is 2.18. The van der Waals surface area contributed by atoms with Crippen LogP contribution >= 0.6 is 0 Å². The molecule has 144 valence electrons. The Hall–Kier alpha value is -2.51. The van der Waals surface area contributed by atoms with E-state index in [0.29, 0.717) is 12.6 Å². The van der Waals surface area contributed by atoms with Gasteiger partial charge in [-0.3, -0.25) is 0 Å². The Morgan fingerprint density at radius 1 is 1.22 bits per heavy atom. The molecule has 7 heteroatoms. The molecular formula is C20H25N3O4. The summed E-state index contributed by atoms with van der Waals surface area (Å²) in [6.07, 6.45) is 5.32. The zero-order valence-corrected chi connectivity index (χ0v) is 15.5. The van der Waals surface area contributed by atoms with E-state index in [4.69, 9.17) is 9.47 Å². The number of aromatic nitrogens is 2. The van der Waals surface area contributed by atoms with Gasteiger partial charge in [-0.2, -0.15) is 0 Å². The fourth-order valence-corrected chi connectivity index (χ4v) is 3.09. The maximum atomic E-state index is 11.4. The van der Waals surface area contributed by atoms with Gasteiger partial charge >= 0.3 is 5.97 Å². The van der Waals surface area contributed by atoms with E-state index in [1.807, 2.05) is 36.7 Å². The molecule has 0 radical (unpaired) electrons. The van der Waals surface area contributed by atoms with Crippen LogP contribution in [0.5, 0.6) is 0 Å². The highest BCUT2D eigenvalue weighted by Gasteiger charge is 2.22. The van der Waals surface area contributed by atoms with Crippen molar-refractivity contribution in [2.75, 3.05) is 31.2 Å². The van der Waals surface area contributed by atoms with Gasteiger partial charge in [0.25, 0.3) is 0 Å². The Bertz CT molecular complexity index is 743. The Kier molecular flexibility index (Phi) is 6.73. The van der Waals surface area contributed by atoms with Crippen molar-refractivity contribution in [3.8, 4) is 11.1 Å². The lowest BCUT2D eigenvalue weighted by molar-refractivity contribution is -0.150. The van der Waals surface area contributed by atoms with Crippen molar-refractivity contribution in [1.82, 2.24) is 9.97 Å². The van der Waals surface area contributed by atoms with Crippen molar-refractivity contribution < 1.29 is 19.4 Å². The number of anilines is 1. The highest BCUT2D eigenvalue weighted by molar-refractivity contribution is 5.70. The monoisotopic (exact) mass is 371 g/mol. The quantitative estimate of drug-likeness (QED) is 0.747. The van der Waals surface area contributed by atoms with Gasteiger partial charge in [-0.25, -0.2) is 14.8 Å². The second kappa shape index (κ2) is 9.43. The van der Waals surface area contributed by atoms with Crippen molar-refractivity contribution in [2.24, 2.45) is 0 Å². The van der Waals surface area contributed by atoms with Crippen LogP contribution in [0.15, 0.2) is 36.7 Å². The van der Waals surface area contributed by atoms with Gasteiger partial charge in [0.05, 0.1) is 19.3 Å². The number of carbonyl (C=O) groups is 1. The molecule has 0 saturated carbocycles. The number of esters is 1.